The van der Waals surface area contributed by atoms with E-state index in [0.29, 0.717) is 5.75 Å². The van der Waals surface area contributed by atoms with Crippen molar-refractivity contribution in [1.29, 1.82) is 0 Å². The van der Waals surface area contributed by atoms with Crippen LogP contribution in [0.5, 0.6) is 5.75 Å². The van der Waals surface area contributed by atoms with Crippen molar-refractivity contribution < 1.29 is 49.5 Å². The van der Waals surface area contributed by atoms with E-state index in [1.54, 1.807) is 0 Å². The molecule has 6 nitrogen and oxygen atoms in total. The molecule has 0 aromatic heterocycles. The molecule has 1 atom stereocenters. The van der Waals surface area contributed by atoms with Crippen molar-refractivity contribution in [2.45, 2.75) is 17.6 Å². The van der Waals surface area contributed by atoms with Gasteiger partial charge in [0.05, 0.1) is 7.11 Å². The summed E-state index contributed by atoms with van der Waals surface area (Å²) in [7, 11) is -4.08. The van der Waals surface area contributed by atoms with Crippen molar-refractivity contribution in [2.24, 2.45) is 0 Å². The lowest BCUT2D eigenvalue weighted by atomic mass is 9.97. The van der Waals surface area contributed by atoms with Gasteiger partial charge in [-0.25, -0.2) is 0 Å². The number of ether oxygens (including phenoxy) is 1. The molecule has 32 heavy (non-hydrogen) atoms. The van der Waals surface area contributed by atoms with E-state index >= 15 is 0 Å². The summed E-state index contributed by atoms with van der Waals surface area (Å²) >= 11 is 0. The van der Waals surface area contributed by atoms with Crippen LogP contribution in [0.25, 0.3) is 0 Å². The molecule has 1 aliphatic heterocycles. The monoisotopic (exact) mass is 483 g/mol. The fourth-order valence-electron chi connectivity index (χ4n) is 3.28. The maximum absolute atomic E-state index is 13.8. The molecule has 0 aliphatic carbocycles. The van der Waals surface area contributed by atoms with Gasteiger partial charge in [0.25, 0.3) is 5.91 Å². The van der Waals surface area contributed by atoms with Crippen molar-refractivity contribution in [3.63, 3.8) is 0 Å². The standard InChI is InChI=1S/C19H16F6NO5P/c1-29-13-8-6-12(7-9-13)19(15-5-3-2-4-14(15)16(27)26-19)32(28,30-10-17(20,21)22)31-11-18(23,24)25/h2-9H,10-11H2,1H3,(H,26,27)/t19-/m1/s1. The van der Waals surface area contributed by atoms with Crippen molar-refractivity contribution in [1.82, 2.24) is 5.32 Å². The minimum atomic E-state index is -5.42. The molecule has 0 radical (unpaired) electrons. The van der Waals surface area contributed by atoms with Gasteiger partial charge in [0.15, 0.2) is 18.5 Å². The Morgan fingerprint density at radius 3 is 1.94 bits per heavy atom. The number of hydrogen-bond acceptors (Lipinski definition) is 5. The molecule has 0 spiro atoms. The Hall–Kier alpha value is -2.56. The van der Waals surface area contributed by atoms with Gasteiger partial charge in [-0.2, -0.15) is 26.3 Å². The molecular formula is C19H16F6NO5P. The van der Waals surface area contributed by atoms with Gasteiger partial charge in [0.2, 0.25) is 0 Å². The lowest BCUT2D eigenvalue weighted by Gasteiger charge is -2.37. The molecule has 1 aliphatic rings. The zero-order chi connectivity index (χ0) is 23.8. The predicted octanol–water partition coefficient (Wildman–Crippen LogP) is 4.99. The zero-order valence-corrected chi connectivity index (χ0v) is 17.2. The summed E-state index contributed by atoms with van der Waals surface area (Å²) in [6, 6.07) is 10.5. The number of benzene rings is 2. The Kier molecular flexibility index (Phi) is 6.34. The summed E-state index contributed by atoms with van der Waals surface area (Å²) in [6.45, 7) is -4.34. The van der Waals surface area contributed by atoms with E-state index in [9.17, 15) is 35.7 Å². The average molecular weight is 483 g/mol. The van der Waals surface area contributed by atoms with Crippen molar-refractivity contribution >= 4 is 13.5 Å². The molecule has 2 aromatic rings. The lowest BCUT2D eigenvalue weighted by Crippen LogP contribution is -2.42. The summed E-state index contributed by atoms with van der Waals surface area (Å²) in [5.41, 5.74) is -0.373. The first kappa shape index (κ1) is 24.1. The number of rotatable bonds is 7. The molecule has 13 heteroatoms. The number of alkyl halides is 6. The van der Waals surface area contributed by atoms with Gasteiger partial charge < -0.3 is 10.1 Å². The maximum Gasteiger partial charge on any atom is 0.412 e. The first-order valence-corrected chi connectivity index (χ1v) is 10.4. The minimum Gasteiger partial charge on any atom is -0.497 e. The minimum absolute atomic E-state index is 0.102. The van der Waals surface area contributed by atoms with Crippen LogP contribution in [0.2, 0.25) is 0 Å². The second-order valence-corrected chi connectivity index (χ2v) is 8.90. The third-order valence-electron chi connectivity index (χ3n) is 4.57. The van der Waals surface area contributed by atoms with Gasteiger partial charge in [-0.1, -0.05) is 30.3 Å². The van der Waals surface area contributed by atoms with E-state index in [1.165, 1.54) is 55.6 Å². The summed E-state index contributed by atoms with van der Waals surface area (Å²) in [5.74, 6) is -0.577. The van der Waals surface area contributed by atoms with Crippen molar-refractivity contribution in [3.8, 4) is 5.75 Å². The average Bonchev–Trinajstić information content (AvgIpc) is 3.04. The number of hydrogen-bond donors (Lipinski definition) is 1. The fraction of sp³-hybridized carbons (Fsp3) is 0.316. The van der Waals surface area contributed by atoms with Gasteiger partial charge in [-0.05, 0) is 23.8 Å². The van der Waals surface area contributed by atoms with E-state index in [4.69, 9.17) is 4.74 Å². The molecule has 0 bridgehead atoms. The van der Waals surface area contributed by atoms with Crippen LogP contribution >= 0.6 is 7.60 Å². The molecule has 174 valence electrons. The smallest absolute Gasteiger partial charge is 0.412 e. The van der Waals surface area contributed by atoms with E-state index in [0.717, 1.165) is 0 Å². The molecular weight excluding hydrogens is 467 g/mol. The zero-order valence-electron chi connectivity index (χ0n) is 16.3. The summed E-state index contributed by atoms with van der Waals surface area (Å²) in [4.78, 5) is 12.6. The maximum atomic E-state index is 13.8. The van der Waals surface area contributed by atoms with E-state index in [-0.39, 0.29) is 16.7 Å². The number of methoxy groups -OCH3 is 1. The first-order chi connectivity index (χ1) is 14.8. The Morgan fingerprint density at radius 2 is 1.44 bits per heavy atom. The Labute approximate surface area is 178 Å². The van der Waals surface area contributed by atoms with Crippen LogP contribution in [0.1, 0.15) is 21.5 Å². The van der Waals surface area contributed by atoms with Crippen LogP contribution < -0.4 is 10.1 Å². The summed E-state index contributed by atoms with van der Waals surface area (Å²) in [5, 5.41) is -0.197. The van der Waals surface area contributed by atoms with Crippen LogP contribution in [-0.4, -0.2) is 38.6 Å². The van der Waals surface area contributed by atoms with Gasteiger partial charge in [0.1, 0.15) is 5.75 Å². The van der Waals surface area contributed by atoms with Crippen LogP contribution in [0.15, 0.2) is 48.5 Å². The molecule has 1 heterocycles. The quantitative estimate of drug-likeness (QED) is 0.444. The van der Waals surface area contributed by atoms with E-state index < -0.39 is 44.3 Å². The highest BCUT2D eigenvalue weighted by atomic mass is 31.2. The van der Waals surface area contributed by atoms with Crippen molar-refractivity contribution in [3.05, 3.63) is 65.2 Å². The van der Waals surface area contributed by atoms with Gasteiger partial charge >= 0.3 is 19.9 Å². The Morgan fingerprint density at radius 1 is 0.906 bits per heavy atom. The SMILES string of the molecule is COc1ccc([C@]2(P(=O)(OCC(F)(F)F)OCC(F)(F)F)NC(=O)c3ccccc32)cc1. The highest BCUT2D eigenvalue weighted by Crippen LogP contribution is 2.69. The number of fused-ring (bicyclic) bond motifs is 1. The molecule has 2 aromatic carbocycles. The fourth-order valence-corrected chi connectivity index (χ4v) is 5.57. The Balaban J connectivity index is 2.25. The highest BCUT2D eigenvalue weighted by molar-refractivity contribution is 7.55. The Bertz CT molecular complexity index is 1020. The van der Waals surface area contributed by atoms with Crippen molar-refractivity contribution in [2.75, 3.05) is 20.3 Å². The van der Waals surface area contributed by atoms with E-state index in [1.807, 2.05) is 0 Å². The third kappa shape index (κ3) is 4.62. The molecule has 3 rings (SSSR count). The highest BCUT2D eigenvalue weighted by Gasteiger charge is 2.61. The normalized spacial score (nSPS) is 18.9. The van der Waals surface area contributed by atoms with Crippen LogP contribution in [0.4, 0.5) is 26.3 Å². The van der Waals surface area contributed by atoms with E-state index in [2.05, 4.69) is 14.4 Å². The summed E-state index contributed by atoms with van der Waals surface area (Å²) < 4.78 is 105. The topological polar surface area (TPSA) is 73.9 Å². The first-order valence-electron chi connectivity index (χ1n) is 8.90. The molecule has 1 amide bonds. The second kappa shape index (κ2) is 8.42. The molecule has 0 unspecified atom stereocenters. The third-order valence-corrected chi connectivity index (χ3v) is 6.94. The summed E-state index contributed by atoms with van der Waals surface area (Å²) in [6.07, 6.45) is -10.1. The van der Waals surface area contributed by atoms with Crippen LogP contribution in [0.3, 0.4) is 0 Å². The molecule has 0 fully saturated rings. The number of amides is 1. The second-order valence-electron chi connectivity index (χ2n) is 6.71. The lowest BCUT2D eigenvalue weighted by molar-refractivity contribution is -0.166. The molecule has 0 saturated carbocycles. The number of carbonyl (C=O) groups is 1. The molecule has 1 N–H and O–H groups in total. The predicted molar refractivity (Wildman–Crippen MR) is 99.3 cm³/mol. The van der Waals surface area contributed by atoms with Crippen LogP contribution in [-0.2, 0) is 18.9 Å². The largest absolute Gasteiger partial charge is 0.497 e. The number of nitrogens with one attached hydrogen (secondary N) is 1. The number of carbonyl (C=O) groups excluding carboxylic acids is 1. The van der Waals surface area contributed by atoms with Gasteiger partial charge in [-0.15, -0.1) is 0 Å². The number of halogens is 6. The van der Waals surface area contributed by atoms with Gasteiger partial charge in [-0.3, -0.25) is 18.4 Å². The van der Waals surface area contributed by atoms with Gasteiger partial charge in [0, 0.05) is 11.1 Å². The molecule has 0 saturated heterocycles. The van der Waals surface area contributed by atoms with Crippen LogP contribution in [0, 0.1) is 0 Å².